The van der Waals surface area contributed by atoms with Gasteiger partial charge >= 0.3 is 5.97 Å². The highest BCUT2D eigenvalue weighted by molar-refractivity contribution is 5.86. The minimum atomic E-state index is -0.891. The Morgan fingerprint density at radius 1 is 1.28 bits per heavy atom. The molecule has 1 saturated carbocycles. The summed E-state index contributed by atoms with van der Waals surface area (Å²) in [5.41, 5.74) is 0. The number of aliphatic carboxylic acids is 1. The molecule has 2 aliphatic rings. The van der Waals surface area contributed by atoms with E-state index >= 15 is 0 Å². The molecule has 1 atom stereocenters. The number of carbonyl (C=O) groups is 2. The SMILES string of the molecule is O=C(O)CC1C(=O)NCCCN1C1CCCCC1. The lowest BCUT2D eigenvalue weighted by molar-refractivity contribution is -0.142. The largest absolute Gasteiger partial charge is 0.481 e. The van der Waals surface area contributed by atoms with E-state index in [2.05, 4.69) is 10.2 Å². The molecule has 0 spiro atoms. The zero-order chi connectivity index (χ0) is 13.0. The molecule has 2 fully saturated rings. The van der Waals surface area contributed by atoms with Crippen LogP contribution < -0.4 is 5.32 Å². The summed E-state index contributed by atoms with van der Waals surface area (Å²) in [6.07, 6.45) is 6.69. The van der Waals surface area contributed by atoms with Crippen LogP contribution in [-0.4, -0.2) is 47.1 Å². The molecule has 2 N–H and O–H groups in total. The monoisotopic (exact) mass is 254 g/mol. The molecule has 5 heteroatoms. The maximum absolute atomic E-state index is 12.0. The fourth-order valence-corrected chi connectivity index (χ4v) is 3.12. The van der Waals surface area contributed by atoms with Crippen LogP contribution >= 0.6 is 0 Å². The van der Waals surface area contributed by atoms with Crippen LogP contribution in [0, 0.1) is 0 Å². The van der Waals surface area contributed by atoms with Crippen molar-refractivity contribution < 1.29 is 14.7 Å². The molecule has 1 amide bonds. The van der Waals surface area contributed by atoms with Crippen LogP contribution in [0.3, 0.4) is 0 Å². The van der Waals surface area contributed by atoms with Gasteiger partial charge in [0.05, 0.1) is 12.5 Å². The Morgan fingerprint density at radius 3 is 2.67 bits per heavy atom. The second kappa shape index (κ2) is 6.18. The van der Waals surface area contributed by atoms with Crippen molar-refractivity contribution in [1.82, 2.24) is 10.2 Å². The van der Waals surface area contributed by atoms with Crippen molar-refractivity contribution in [1.29, 1.82) is 0 Å². The van der Waals surface area contributed by atoms with E-state index in [1.54, 1.807) is 0 Å². The number of nitrogens with zero attached hydrogens (tertiary/aromatic N) is 1. The number of carboxylic acid groups (broad SMARTS) is 1. The van der Waals surface area contributed by atoms with Gasteiger partial charge in [-0.3, -0.25) is 14.5 Å². The number of rotatable bonds is 3. The van der Waals surface area contributed by atoms with Gasteiger partial charge in [-0.15, -0.1) is 0 Å². The lowest BCUT2D eigenvalue weighted by Crippen LogP contribution is -2.50. The van der Waals surface area contributed by atoms with E-state index in [9.17, 15) is 9.59 Å². The molecule has 0 aromatic carbocycles. The van der Waals surface area contributed by atoms with Gasteiger partial charge in [-0.1, -0.05) is 19.3 Å². The van der Waals surface area contributed by atoms with E-state index in [0.29, 0.717) is 12.6 Å². The highest BCUT2D eigenvalue weighted by Gasteiger charge is 2.34. The lowest BCUT2D eigenvalue weighted by Gasteiger charge is -2.37. The summed E-state index contributed by atoms with van der Waals surface area (Å²) in [5, 5.41) is 11.8. The van der Waals surface area contributed by atoms with Gasteiger partial charge in [-0.05, 0) is 19.3 Å². The van der Waals surface area contributed by atoms with Crippen LogP contribution in [0.1, 0.15) is 44.9 Å². The molecule has 0 radical (unpaired) electrons. The fourth-order valence-electron chi connectivity index (χ4n) is 3.12. The Balaban J connectivity index is 2.10. The van der Waals surface area contributed by atoms with Crippen molar-refractivity contribution in [2.75, 3.05) is 13.1 Å². The van der Waals surface area contributed by atoms with Crippen molar-refractivity contribution in [2.45, 2.75) is 57.0 Å². The molecule has 2 rings (SSSR count). The molecule has 1 unspecified atom stereocenters. The van der Waals surface area contributed by atoms with E-state index in [1.807, 2.05) is 0 Å². The Bertz CT molecular complexity index is 313. The van der Waals surface area contributed by atoms with Crippen molar-refractivity contribution >= 4 is 11.9 Å². The van der Waals surface area contributed by atoms with Crippen molar-refractivity contribution in [3.63, 3.8) is 0 Å². The van der Waals surface area contributed by atoms with Gasteiger partial charge in [-0.25, -0.2) is 0 Å². The van der Waals surface area contributed by atoms with Gasteiger partial charge in [0.2, 0.25) is 5.91 Å². The average Bonchev–Trinajstić information content (AvgIpc) is 2.53. The van der Waals surface area contributed by atoms with Crippen LogP contribution in [0.4, 0.5) is 0 Å². The first-order chi connectivity index (χ1) is 8.68. The predicted molar refractivity (Wildman–Crippen MR) is 67.2 cm³/mol. The van der Waals surface area contributed by atoms with Gasteiger partial charge in [0.1, 0.15) is 0 Å². The van der Waals surface area contributed by atoms with Gasteiger partial charge in [0.25, 0.3) is 0 Å². The lowest BCUT2D eigenvalue weighted by atomic mass is 9.92. The third-order valence-electron chi connectivity index (χ3n) is 4.01. The Kier molecular flexibility index (Phi) is 4.58. The van der Waals surface area contributed by atoms with Gasteiger partial charge in [0.15, 0.2) is 0 Å². The van der Waals surface area contributed by atoms with Gasteiger partial charge in [-0.2, -0.15) is 0 Å². The molecule has 0 aromatic rings. The summed E-state index contributed by atoms with van der Waals surface area (Å²) in [7, 11) is 0. The topological polar surface area (TPSA) is 69.6 Å². The summed E-state index contributed by atoms with van der Waals surface area (Å²) in [5.74, 6) is -1.00. The van der Waals surface area contributed by atoms with Crippen molar-refractivity contribution in [3.05, 3.63) is 0 Å². The quantitative estimate of drug-likeness (QED) is 0.788. The maximum atomic E-state index is 12.0. The molecule has 1 heterocycles. The molecule has 0 bridgehead atoms. The average molecular weight is 254 g/mol. The zero-order valence-corrected chi connectivity index (χ0v) is 10.7. The maximum Gasteiger partial charge on any atom is 0.305 e. The Hall–Kier alpha value is -1.10. The molecular formula is C13H22N2O3. The van der Waals surface area contributed by atoms with Crippen LogP contribution in [0.5, 0.6) is 0 Å². The number of carboxylic acids is 1. The molecule has 102 valence electrons. The van der Waals surface area contributed by atoms with Crippen LogP contribution in [0.15, 0.2) is 0 Å². The number of hydrogen-bond donors (Lipinski definition) is 2. The number of amides is 1. The Labute approximate surface area is 108 Å². The van der Waals surface area contributed by atoms with E-state index in [-0.39, 0.29) is 12.3 Å². The first kappa shape index (κ1) is 13.3. The molecule has 0 aromatic heterocycles. The summed E-state index contributed by atoms with van der Waals surface area (Å²) in [6.45, 7) is 1.50. The standard InChI is InChI=1S/C13H22N2O3/c16-12(17)9-11-13(18)14-7-4-8-15(11)10-5-2-1-3-6-10/h10-11H,1-9H2,(H,14,18)(H,16,17). The van der Waals surface area contributed by atoms with Crippen LogP contribution in [0.25, 0.3) is 0 Å². The first-order valence-corrected chi connectivity index (χ1v) is 6.94. The van der Waals surface area contributed by atoms with E-state index in [4.69, 9.17) is 5.11 Å². The van der Waals surface area contributed by atoms with Crippen molar-refractivity contribution in [2.24, 2.45) is 0 Å². The smallest absolute Gasteiger partial charge is 0.305 e. The number of carbonyl (C=O) groups excluding carboxylic acids is 1. The fraction of sp³-hybridized carbons (Fsp3) is 0.846. The minimum Gasteiger partial charge on any atom is -0.481 e. The summed E-state index contributed by atoms with van der Waals surface area (Å²) in [6, 6.07) is -0.0833. The second-order valence-electron chi connectivity index (χ2n) is 5.29. The molecule has 5 nitrogen and oxygen atoms in total. The molecule has 1 saturated heterocycles. The third kappa shape index (κ3) is 3.22. The summed E-state index contributed by atoms with van der Waals surface area (Å²) < 4.78 is 0. The zero-order valence-electron chi connectivity index (χ0n) is 10.7. The second-order valence-corrected chi connectivity index (χ2v) is 5.29. The van der Waals surface area contributed by atoms with Gasteiger partial charge < -0.3 is 10.4 Å². The summed E-state index contributed by atoms with van der Waals surface area (Å²) >= 11 is 0. The molecule has 18 heavy (non-hydrogen) atoms. The summed E-state index contributed by atoms with van der Waals surface area (Å²) in [4.78, 5) is 25.1. The van der Waals surface area contributed by atoms with Crippen molar-refractivity contribution in [3.8, 4) is 0 Å². The molecule has 1 aliphatic carbocycles. The molecular weight excluding hydrogens is 232 g/mol. The van der Waals surface area contributed by atoms with Gasteiger partial charge in [0, 0.05) is 19.1 Å². The first-order valence-electron chi connectivity index (χ1n) is 6.94. The highest BCUT2D eigenvalue weighted by Crippen LogP contribution is 2.26. The Morgan fingerprint density at radius 2 is 2.00 bits per heavy atom. The highest BCUT2D eigenvalue weighted by atomic mass is 16.4. The number of nitrogens with one attached hydrogen (secondary N) is 1. The van der Waals surface area contributed by atoms with E-state index in [1.165, 1.54) is 19.3 Å². The third-order valence-corrected chi connectivity index (χ3v) is 4.01. The number of hydrogen-bond acceptors (Lipinski definition) is 3. The van der Waals surface area contributed by atoms with E-state index < -0.39 is 12.0 Å². The normalized spacial score (nSPS) is 27.6. The predicted octanol–water partition coefficient (Wildman–Crippen LogP) is 0.984. The van der Waals surface area contributed by atoms with E-state index in [0.717, 1.165) is 25.8 Å². The van der Waals surface area contributed by atoms with Crippen LogP contribution in [0.2, 0.25) is 0 Å². The molecule has 1 aliphatic heterocycles. The minimum absolute atomic E-state index is 0.0810. The van der Waals surface area contributed by atoms with Crippen LogP contribution in [-0.2, 0) is 9.59 Å².